The van der Waals surface area contributed by atoms with Crippen LogP contribution in [0, 0.1) is 0 Å². The van der Waals surface area contributed by atoms with Crippen LogP contribution in [0.3, 0.4) is 0 Å². The second kappa shape index (κ2) is 5.79. The van der Waals surface area contributed by atoms with Crippen LogP contribution in [0.2, 0.25) is 0 Å². The zero-order chi connectivity index (χ0) is 7.94. The fourth-order valence-corrected chi connectivity index (χ4v) is 0.759. The van der Waals surface area contributed by atoms with E-state index in [1.165, 1.54) is 0 Å². The van der Waals surface area contributed by atoms with Crippen LogP contribution >= 0.6 is 12.6 Å². The second-order valence-corrected chi connectivity index (χ2v) is 2.46. The average molecular weight is 180 g/mol. The standard InChI is InChI=1S/C6H12O4S/c11-3-1-2-8-6-9-4-7-5-10-6/h6,11H,1-5H2. The van der Waals surface area contributed by atoms with E-state index >= 15 is 0 Å². The van der Waals surface area contributed by atoms with Crippen molar-refractivity contribution in [2.45, 2.75) is 12.9 Å². The number of thiol groups is 1. The Hall–Kier alpha value is 0.190. The van der Waals surface area contributed by atoms with Gasteiger partial charge in [0.15, 0.2) is 13.6 Å². The molecule has 1 saturated heterocycles. The van der Waals surface area contributed by atoms with Crippen LogP contribution in [0.25, 0.3) is 0 Å². The highest BCUT2D eigenvalue weighted by Gasteiger charge is 2.13. The van der Waals surface area contributed by atoms with Gasteiger partial charge in [-0.25, -0.2) is 0 Å². The summed E-state index contributed by atoms with van der Waals surface area (Å²) in [5.41, 5.74) is 0. The molecule has 66 valence electrons. The van der Waals surface area contributed by atoms with Crippen molar-refractivity contribution in [2.75, 3.05) is 25.9 Å². The van der Waals surface area contributed by atoms with Gasteiger partial charge >= 0.3 is 0 Å². The predicted molar refractivity (Wildman–Crippen MR) is 41.2 cm³/mol. The number of rotatable bonds is 4. The second-order valence-electron chi connectivity index (χ2n) is 2.01. The molecule has 0 aromatic carbocycles. The van der Waals surface area contributed by atoms with E-state index in [1.54, 1.807) is 0 Å². The Morgan fingerprint density at radius 3 is 2.73 bits per heavy atom. The van der Waals surface area contributed by atoms with Crippen molar-refractivity contribution in [3.63, 3.8) is 0 Å². The third kappa shape index (κ3) is 3.93. The first-order valence-electron chi connectivity index (χ1n) is 3.47. The van der Waals surface area contributed by atoms with E-state index in [0.717, 1.165) is 12.2 Å². The Morgan fingerprint density at radius 2 is 2.09 bits per heavy atom. The molecular formula is C6H12O4S. The average Bonchev–Trinajstić information content (AvgIpc) is 2.07. The molecule has 11 heavy (non-hydrogen) atoms. The minimum Gasteiger partial charge on any atom is -0.330 e. The first-order valence-corrected chi connectivity index (χ1v) is 4.10. The van der Waals surface area contributed by atoms with Crippen LogP contribution < -0.4 is 0 Å². The number of ether oxygens (including phenoxy) is 4. The van der Waals surface area contributed by atoms with E-state index in [2.05, 4.69) is 12.6 Å². The Labute approximate surface area is 71.2 Å². The highest BCUT2D eigenvalue weighted by molar-refractivity contribution is 7.80. The van der Waals surface area contributed by atoms with Gasteiger partial charge in [0.1, 0.15) is 0 Å². The summed E-state index contributed by atoms with van der Waals surface area (Å²) >= 11 is 4.03. The summed E-state index contributed by atoms with van der Waals surface area (Å²) in [6.07, 6.45) is 0.896. The molecule has 0 aliphatic carbocycles. The van der Waals surface area contributed by atoms with Gasteiger partial charge in [-0.05, 0) is 12.2 Å². The monoisotopic (exact) mass is 180 g/mol. The maximum atomic E-state index is 5.15. The fraction of sp³-hybridized carbons (Fsp3) is 1.00. The molecule has 0 spiro atoms. The number of hydrogen-bond donors (Lipinski definition) is 1. The molecule has 1 aliphatic rings. The molecule has 4 nitrogen and oxygen atoms in total. The molecule has 0 N–H and O–H groups in total. The van der Waals surface area contributed by atoms with Gasteiger partial charge in [0.05, 0.1) is 6.61 Å². The summed E-state index contributed by atoms with van der Waals surface area (Å²) in [6.45, 7) is 0.536. The van der Waals surface area contributed by atoms with Gasteiger partial charge in [0.2, 0.25) is 0 Å². The van der Waals surface area contributed by atoms with Crippen LogP contribution in [0.1, 0.15) is 6.42 Å². The Morgan fingerprint density at radius 1 is 1.36 bits per heavy atom. The number of hydrogen-bond acceptors (Lipinski definition) is 5. The third-order valence-electron chi connectivity index (χ3n) is 1.13. The predicted octanol–water partition coefficient (Wildman–Crippen LogP) is 0.585. The van der Waals surface area contributed by atoms with Gasteiger partial charge in [-0.2, -0.15) is 12.6 Å². The van der Waals surface area contributed by atoms with Crippen LogP contribution in [-0.4, -0.2) is 32.4 Å². The van der Waals surface area contributed by atoms with Crippen molar-refractivity contribution in [1.82, 2.24) is 0 Å². The third-order valence-corrected chi connectivity index (χ3v) is 1.45. The lowest BCUT2D eigenvalue weighted by Gasteiger charge is -2.22. The van der Waals surface area contributed by atoms with Crippen molar-refractivity contribution in [3.05, 3.63) is 0 Å². The first-order chi connectivity index (χ1) is 5.43. The molecule has 0 radical (unpaired) electrons. The lowest BCUT2D eigenvalue weighted by molar-refractivity contribution is -0.382. The van der Waals surface area contributed by atoms with Crippen molar-refractivity contribution >= 4 is 12.6 Å². The summed E-state index contributed by atoms with van der Waals surface area (Å²) in [6, 6.07) is 0. The van der Waals surface area contributed by atoms with E-state index < -0.39 is 6.48 Å². The molecule has 1 aliphatic heterocycles. The summed E-state index contributed by atoms with van der Waals surface area (Å²) < 4.78 is 19.8. The highest BCUT2D eigenvalue weighted by Crippen LogP contribution is 2.04. The smallest absolute Gasteiger partial charge is 0.275 e. The van der Waals surface area contributed by atoms with Crippen LogP contribution in [-0.2, 0) is 18.9 Å². The van der Waals surface area contributed by atoms with Crippen molar-refractivity contribution in [1.29, 1.82) is 0 Å². The zero-order valence-corrected chi connectivity index (χ0v) is 7.09. The largest absolute Gasteiger partial charge is 0.330 e. The normalized spacial score (nSPS) is 20.5. The summed E-state index contributed by atoms with van der Waals surface area (Å²) in [5.74, 6) is 0.809. The zero-order valence-electron chi connectivity index (χ0n) is 6.19. The Bertz CT molecular complexity index is 94.6. The molecule has 1 fully saturated rings. The topological polar surface area (TPSA) is 36.9 Å². The van der Waals surface area contributed by atoms with E-state index in [-0.39, 0.29) is 13.6 Å². The quantitative estimate of drug-likeness (QED) is 0.507. The van der Waals surface area contributed by atoms with Gasteiger partial charge in [-0.1, -0.05) is 0 Å². The van der Waals surface area contributed by atoms with Crippen LogP contribution in [0.5, 0.6) is 0 Å². The van der Waals surface area contributed by atoms with E-state index in [4.69, 9.17) is 18.9 Å². The molecule has 0 bridgehead atoms. The molecule has 0 saturated carbocycles. The van der Waals surface area contributed by atoms with Gasteiger partial charge in [-0.15, -0.1) is 0 Å². The minimum absolute atomic E-state index is 0.242. The Kier molecular flexibility index (Phi) is 4.89. The highest BCUT2D eigenvalue weighted by atomic mass is 32.1. The SMILES string of the molecule is SCCCOC1OCOCO1. The van der Waals surface area contributed by atoms with E-state index in [1.807, 2.05) is 0 Å². The molecule has 0 unspecified atom stereocenters. The van der Waals surface area contributed by atoms with E-state index in [0.29, 0.717) is 6.61 Å². The maximum Gasteiger partial charge on any atom is 0.275 e. The maximum absolute atomic E-state index is 5.15. The van der Waals surface area contributed by atoms with Gasteiger partial charge in [0.25, 0.3) is 6.48 Å². The van der Waals surface area contributed by atoms with E-state index in [9.17, 15) is 0 Å². The lowest BCUT2D eigenvalue weighted by Crippen LogP contribution is -2.29. The summed E-state index contributed by atoms with van der Waals surface area (Å²) in [4.78, 5) is 0. The lowest BCUT2D eigenvalue weighted by atomic mass is 10.5. The van der Waals surface area contributed by atoms with Crippen molar-refractivity contribution in [2.24, 2.45) is 0 Å². The molecule has 0 aromatic heterocycles. The Balaban J connectivity index is 1.96. The van der Waals surface area contributed by atoms with Crippen molar-refractivity contribution < 1.29 is 18.9 Å². The molecule has 0 atom stereocenters. The first kappa shape index (κ1) is 9.28. The molecule has 1 heterocycles. The molecule has 0 aromatic rings. The molecular weight excluding hydrogens is 168 g/mol. The summed E-state index contributed by atoms with van der Waals surface area (Å²) in [7, 11) is 0. The van der Waals surface area contributed by atoms with Crippen LogP contribution in [0.4, 0.5) is 0 Å². The van der Waals surface area contributed by atoms with Crippen LogP contribution in [0.15, 0.2) is 0 Å². The van der Waals surface area contributed by atoms with Gasteiger partial charge < -0.3 is 18.9 Å². The molecule has 5 heteroatoms. The minimum atomic E-state index is -0.552. The van der Waals surface area contributed by atoms with Gasteiger partial charge in [-0.3, -0.25) is 0 Å². The molecule has 0 amide bonds. The van der Waals surface area contributed by atoms with Gasteiger partial charge in [0, 0.05) is 0 Å². The fourth-order valence-electron chi connectivity index (χ4n) is 0.630. The summed E-state index contributed by atoms with van der Waals surface area (Å²) in [5, 5.41) is 0. The molecule has 1 rings (SSSR count). The van der Waals surface area contributed by atoms with Crippen molar-refractivity contribution in [3.8, 4) is 0 Å².